The molecule has 0 spiro atoms. The molecule has 11 nitrogen and oxygen atoms in total. The number of ether oxygens (including phenoxy) is 1. The molecule has 11 heteroatoms. The minimum absolute atomic E-state index is 0.0176. The van der Waals surface area contributed by atoms with Crippen molar-refractivity contribution in [3.05, 3.63) is 59.3 Å². The Morgan fingerprint density at radius 1 is 0.956 bits per heavy atom. The number of nitrogens with one attached hydrogen (secondary N) is 2. The number of para-hydroxylation sites is 1. The van der Waals surface area contributed by atoms with Crippen molar-refractivity contribution in [3.8, 4) is 0 Å². The van der Waals surface area contributed by atoms with Gasteiger partial charge in [-0.2, -0.15) is 5.10 Å². The zero-order valence-corrected chi connectivity index (χ0v) is 26.5. The van der Waals surface area contributed by atoms with Crippen molar-refractivity contribution in [2.75, 3.05) is 64.4 Å². The van der Waals surface area contributed by atoms with E-state index in [2.05, 4.69) is 37.4 Å². The number of H-pyrrole nitrogens is 1. The Hall–Kier alpha value is -4.12. The molecular weight excluding hydrogens is 570 g/mol. The first-order chi connectivity index (χ1) is 21.9. The third-order valence-electron chi connectivity index (χ3n) is 9.74. The van der Waals surface area contributed by atoms with Gasteiger partial charge in [0.2, 0.25) is 5.91 Å². The van der Waals surface area contributed by atoms with Crippen LogP contribution in [0.4, 0.5) is 10.5 Å². The number of amides is 3. The number of aromatic nitrogens is 2. The molecule has 3 amide bonds. The Labute approximate surface area is 264 Å². The van der Waals surface area contributed by atoms with Gasteiger partial charge >= 0.3 is 12.0 Å². The number of fused-ring (bicyclic) bond motifs is 1. The van der Waals surface area contributed by atoms with E-state index in [1.165, 1.54) is 26.4 Å². The number of nitrogens with zero attached hydrogens (tertiary/aromatic N) is 5. The maximum atomic E-state index is 14.1. The number of benzene rings is 2. The van der Waals surface area contributed by atoms with Crippen LogP contribution in [0.5, 0.6) is 0 Å². The van der Waals surface area contributed by atoms with Crippen LogP contribution in [0.25, 0.3) is 10.9 Å². The molecule has 240 valence electrons. The lowest BCUT2D eigenvalue weighted by Crippen LogP contribution is -2.58. The molecular formula is C34H45N7O4. The van der Waals surface area contributed by atoms with E-state index < -0.39 is 6.04 Å². The van der Waals surface area contributed by atoms with Crippen LogP contribution in [0, 0.1) is 6.92 Å². The van der Waals surface area contributed by atoms with Gasteiger partial charge in [0, 0.05) is 57.1 Å². The third kappa shape index (κ3) is 6.93. The molecule has 1 aromatic heterocycles. The van der Waals surface area contributed by atoms with Crippen molar-refractivity contribution in [3.63, 3.8) is 0 Å². The molecule has 45 heavy (non-hydrogen) atoms. The van der Waals surface area contributed by atoms with Gasteiger partial charge in [0.15, 0.2) is 0 Å². The number of rotatable bonds is 7. The van der Waals surface area contributed by atoms with E-state index in [1.807, 2.05) is 30.0 Å². The molecule has 6 rings (SSSR count). The second-order valence-corrected chi connectivity index (χ2v) is 12.6. The maximum absolute atomic E-state index is 14.1. The first-order valence-electron chi connectivity index (χ1n) is 16.3. The van der Waals surface area contributed by atoms with Crippen molar-refractivity contribution in [2.45, 2.75) is 57.5 Å². The highest BCUT2D eigenvalue weighted by molar-refractivity contribution is 5.96. The molecule has 3 saturated heterocycles. The largest absolute Gasteiger partial charge is 0.465 e. The summed E-state index contributed by atoms with van der Waals surface area (Å²) >= 11 is 0. The van der Waals surface area contributed by atoms with E-state index in [4.69, 9.17) is 4.74 Å². The molecule has 0 bridgehead atoms. The number of hydrogen-bond acceptors (Lipinski definition) is 7. The Morgan fingerprint density at radius 3 is 2.42 bits per heavy atom. The Kier molecular flexibility index (Phi) is 9.53. The monoisotopic (exact) mass is 615 g/mol. The predicted octanol–water partition coefficient (Wildman–Crippen LogP) is 3.58. The molecule has 3 aliphatic rings. The van der Waals surface area contributed by atoms with Gasteiger partial charge in [-0.1, -0.05) is 24.6 Å². The van der Waals surface area contributed by atoms with Gasteiger partial charge in [-0.25, -0.2) is 9.59 Å². The van der Waals surface area contributed by atoms with E-state index in [1.54, 1.807) is 17.2 Å². The molecule has 0 saturated carbocycles. The van der Waals surface area contributed by atoms with E-state index >= 15 is 0 Å². The molecule has 3 aromatic rings. The summed E-state index contributed by atoms with van der Waals surface area (Å²) < 4.78 is 4.97. The van der Waals surface area contributed by atoms with E-state index in [-0.39, 0.29) is 17.9 Å². The van der Waals surface area contributed by atoms with E-state index in [0.29, 0.717) is 57.3 Å². The second-order valence-electron chi connectivity index (χ2n) is 12.6. The molecule has 0 aliphatic carbocycles. The van der Waals surface area contributed by atoms with Gasteiger partial charge in [-0.3, -0.25) is 9.89 Å². The highest BCUT2D eigenvalue weighted by Crippen LogP contribution is 2.25. The summed E-state index contributed by atoms with van der Waals surface area (Å²) in [5, 5.41) is 11.4. The van der Waals surface area contributed by atoms with Crippen LogP contribution in [0.2, 0.25) is 0 Å². The van der Waals surface area contributed by atoms with Crippen molar-refractivity contribution in [1.82, 2.24) is 30.2 Å². The summed E-state index contributed by atoms with van der Waals surface area (Å²) in [7, 11) is 1.38. The fourth-order valence-corrected chi connectivity index (χ4v) is 7.24. The minimum Gasteiger partial charge on any atom is -0.465 e. The van der Waals surface area contributed by atoms with Crippen LogP contribution in [0.1, 0.15) is 53.6 Å². The lowest BCUT2D eigenvalue weighted by Gasteiger charge is -2.41. The summed E-state index contributed by atoms with van der Waals surface area (Å²) in [6, 6.07) is 11.1. The summed E-state index contributed by atoms with van der Waals surface area (Å²) in [4.78, 5) is 48.5. The zero-order chi connectivity index (χ0) is 31.3. The van der Waals surface area contributed by atoms with Gasteiger partial charge in [-0.05, 0) is 75.0 Å². The number of hydrogen-bond donors (Lipinski definition) is 2. The van der Waals surface area contributed by atoms with Crippen LogP contribution in [-0.4, -0.2) is 114 Å². The fraction of sp³-hybridized carbons (Fsp3) is 0.529. The van der Waals surface area contributed by atoms with Crippen LogP contribution in [-0.2, 0) is 16.0 Å². The number of likely N-dealkylation sites (tertiary alicyclic amines) is 2. The highest BCUT2D eigenvalue weighted by Gasteiger charge is 2.33. The molecule has 0 unspecified atom stereocenters. The average molecular weight is 616 g/mol. The number of methoxy groups -OCH3 is 1. The summed E-state index contributed by atoms with van der Waals surface area (Å²) in [6.07, 6.45) is 7.99. The van der Waals surface area contributed by atoms with Crippen LogP contribution < -0.4 is 10.2 Å². The average Bonchev–Trinajstić information content (AvgIpc) is 3.57. The number of carbonyl (C=O) groups excluding carboxylic acids is 3. The normalized spacial score (nSPS) is 19.0. The number of aromatic amines is 1. The van der Waals surface area contributed by atoms with Crippen LogP contribution >= 0.6 is 0 Å². The topological polar surface area (TPSA) is 114 Å². The van der Waals surface area contributed by atoms with Crippen molar-refractivity contribution in [1.29, 1.82) is 0 Å². The van der Waals surface area contributed by atoms with Crippen LogP contribution in [0.3, 0.4) is 0 Å². The van der Waals surface area contributed by atoms with Gasteiger partial charge < -0.3 is 29.7 Å². The summed E-state index contributed by atoms with van der Waals surface area (Å²) in [5.74, 6) is -0.396. The van der Waals surface area contributed by atoms with Gasteiger partial charge in [0.1, 0.15) is 6.04 Å². The molecule has 0 radical (unpaired) electrons. The molecule has 3 aliphatic heterocycles. The third-order valence-corrected chi connectivity index (χ3v) is 9.74. The number of aryl methyl sites for hydroxylation is 1. The lowest BCUT2D eigenvalue weighted by atomic mass is 9.97. The van der Waals surface area contributed by atoms with Gasteiger partial charge in [0.25, 0.3) is 0 Å². The Morgan fingerprint density at radius 2 is 1.69 bits per heavy atom. The predicted molar refractivity (Wildman–Crippen MR) is 173 cm³/mol. The first-order valence-corrected chi connectivity index (χ1v) is 16.3. The fourth-order valence-electron chi connectivity index (χ4n) is 7.24. The number of carbonyl (C=O) groups is 3. The van der Waals surface area contributed by atoms with Crippen molar-refractivity contribution in [2.24, 2.45) is 0 Å². The number of piperazine rings is 1. The first kappa shape index (κ1) is 30.9. The number of urea groups is 1. The van der Waals surface area contributed by atoms with Gasteiger partial charge in [-0.15, -0.1) is 0 Å². The SMILES string of the molecule is COC(=O)c1ccccc1N1CCN(C(=O)N[C@H](Cc2cc(C)c3[nH]ncc3c2)C(=O)N2CCC(N3CCCCC3)CC2)CC1. The zero-order valence-electron chi connectivity index (χ0n) is 26.5. The van der Waals surface area contributed by atoms with E-state index in [0.717, 1.165) is 53.6 Å². The standard InChI is InChI=1S/C34H45N7O4/c1-24-20-25(21-26-23-35-37-31(24)26)22-29(32(42)40-14-10-27(11-15-40)38-12-6-3-7-13-38)36-34(44)41-18-16-39(17-19-41)30-9-5-4-8-28(30)33(43)45-2/h4-5,8-9,20-21,23,27,29H,3,6-7,10-19,22H2,1-2H3,(H,35,37)(H,36,44)/t29-/m1/s1. The number of esters is 1. The maximum Gasteiger partial charge on any atom is 0.339 e. The molecule has 3 fully saturated rings. The lowest BCUT2D eigenvalue weighted by molar-refractivity contribution is -0.134. The van der Waals surface area contributed by atoms with Crippen molar-refractivity contribution < 1.29 is 19.1 Å². The van der Waals surface area contributed by atoms with Gasteiger partial charge in [0.05, 0.1) is 30.1 Å². The molecule has 1 atom stereocenters. The minimum atomic E-state index is -0.675. The Balaban J connectivity index is 1.13. The van der Waals surface area contributed by atoms with Crippen LogP contribution in [0.15, 0.2) is 42.6 Å². The smallest absolute Gasteiger partial charge is 0.339 e. The second kappa shape index (κ2) is 13.9. The van der Waals surface area contributed by atoms with E-state index in [9.17, 15) is 14.4 Å². The Bertz CT molecular complexity index is 1500. The quantitative estimate of drug-likeness (QED) is 0.391. The molecule has 4 heterocycles. The summed E-state index contributed by atoms with van der Waals surface area (Å²) in [6.45, 7) is 7.87. The number of piperidine rings is 2. The summed E-state index contributed by atoms with van der Waals surface area (Å²) in [5.41, 5.74) is 4.35. The highest BCUT2D eigenvalue weighted by atomic mass is 16.5. The van der Waals surface area contributed by atoms with Crippen molar-refractivity contribution >= 4 is 34.5 Å². The number of anilines is 1. The molecule has 2 aromatic carbocycles. The molecule has 2 N–H and O–H groups in total.